The lowest BCUT2D eigenvalue weighted by molar-refractivity contribution is 0.0596. The maximum absolute atomic E-state index is 14.1. The normalized spacial score (nSPS) is 16.3. The van der Waals surface area contributed by atoms with E-state index >= 15 is 0 Å². The molecule has 0 aromatic heterocycles. The summed E-state index contributed by atoms with van der Waals surface area (Å²) in [6, 6.07) is 17.1. The van der Waals surface area contributed by atoms with E-state index in [1.54, 1.807) is 0 Å². The molecule has 1 aliphatic heterocycles. The van der Waals surface area contributed by atoms with Crippen LogP contribution in [0.25, 0.3) is 0 Å². The van der Waals surface area contributed by atoms with Crippen molar-refractivity contribution in [3.8, 4) is 0 Å². The molecule has 0 saturated carbocycles. The molecule has 1 heterocycles. The minimum atomic E-state index is -0.547. The molecule has 0 aliphatic carbocycles. The van der Waals surface area contributed by atoms with Crippen molar-refractivity contribution in [2.45, 2.75) is 64.8 Å². The fraction of sp³-hybridized carbons (Fsp3) is 0.552. The van der Waals surface area contributed by atoms with Crippen molar-refractivity contribution in [1.82, 2.24) is 4.90 Å². The molecule has 4 heteroatoms. The number of benzene rings is 2. The third-order valence-electron chi connectivity index (χ3n) is 7.23. The lowest BCUT2D eigenvalue weighted by atomic mass is 9.79. The molecular weight excluding hydrogens is 408 g/mol. The van der Waals surface area contributed by atoms with Gasteiger partial charge in [-0.05, 0) is 74.2 Å². The molecule has 33 heavy (non-hydrogen) atoms. The topological polar surface area (TPSA) is 32.8 Å². The summed E-state index contributed by atoms with van der Waals surface area (Å²) in [4.78, 5) is 18.7. The lowest BCUT2D eigenvalue weighted by Gasteiger charge is -2.41. The van der Waals surface area contributed by atoms with Crippen LogP contribution < -0.4 is 4.90 Å². The summed E-state index contributed by atoms with van der Waals surface area (Å²) in [5.74, 6) is 0.735. The minimum absolute atomic E-state index is 0.227. The van der Waals surface area contributed by atoms with Crippen molar-refractivity contribution in [3.63, 3.8) is 0 Å². The van der Waals surface area contributed by atoms with Crippen LogP contribution in [0.15, 0.2) is 48.5 Å². The Labute approximate surface area is 200 Å². The molecule has 1 unspecified atom stereocenters. The van der Waals surface area contributed by atoms with E-state index in [0.29, 0.717) is 5.92 Å². The van der Waals surface area contributed by atoms with Crippen LogP contribution in [0.5, 0.6) is 0 Å². The van der Waals surface area contributed by atoms with Crippen molar-refractivity contribution >= 4 is 11.5 Å². The van der Waals surface area contributed by atoms with Gasteiger partial charge in [-0.3, -0.25) is 9.69 Å². The quantitative estimate of drug-likeness (QED) is 0.396. The number of rotatable bonds is 11. The van der Waals surface area contributed by atoms with E-state index in [0.717, 1.165) is 64.1 Å². The van der Waals surface area contributed by atoms with Gasteiger partial charge in [-0.1, -0.05) is 58.4 Å². The zero-order chi connectivity index (χ0) is 23.8. The van der Waals surface area contributed by atoms with Gasteiger partial charge in [0.25, 0.3) is 0 Å². The average molecular weight is 451 g/mol. The predicted octanol–water partition coefficient (Wildman–Crippen LogP) is 5.95. The van der Waals surface area contributed by atoms with E-state index in [1.807, 2.05) is 12.1 Å². The van der Waals surface area contributed by atoms with E-state index in [4.69, 9.17) is 4.74 Å². The minimum Gasteiger partial charge on any atom is -0.378 e. The van der Waals surface area contributed by atoms with Gasteiger partial charge < -0.3 is 9.64 Å². The zero-order valence-electron chi connectivity index (χ0n) is 21.3. The maximum atomic E-state index is 14.1. The number of Topliss-reactive ketones (excluding diaryl/α,β-unsaturated/α-hetero) is 1. The van der Waals surface area contributed by atoms with Crippen molar-refractivity contribution in [2.24, 2.45) is 0 Å². The Hall–Kier alpha value is -2.17. The van der Waals surface area contributed by atoms with Crippen LogP contribution in [0.4, 0.5) is 5.69 Å². The van der Waals surface area contributed by atoms with Crippen molar-refractivity contribution in [3.05, 3.63) is 65.2 Å². The van der Waals surface area contributed by atoms with Crippen LogP contribution in [0.3, 0.4) is 0 Å². The number of nitrogens with zero attached hydrogens (tertiary/aromatic N) is 2. The van der Waals surface area contributed by atoms with E-state index in [2.05, 4.69) is 80.9 Å². The predicted molar refractivity (Wildman–Crippen MR) is 139 cm³/mol. The van der Waals surface area contributed by atoms with Gasteiger partial charge in [0.2, 0.25) is 0 Å². The summed E-state index contributed by atoms with van der Waals surface area (Å²) in [6.45, 7) is 13.0. The molecule has 1 atom stereocenters. The van der Waals surface area contributed by atoms with Gasteiger partial charge in [-0.15, -0.1) is 0 Å². The largest absolute Gasteiger partial charge is 0.378 e. The van der Waals surface area contributed by atoms with Gasteiger partial charge in [-0.2, -0.15) is 0 Å². The van der Waals surface area contributed by atoms with E-state index in [9.17, 15) is 4.79 Å². The average Bonchev–Trinajstić information content (AvgIpc) is 2.86. The van der Waals surface area contributed by atoms with Crippen LogP contribution >= 0.6 is 0 Å². The fourth-order valence-corrected chi connectivity index (χ4v) is 4.83. The smallest absolute Gasteiger partial charge is 0.183 e. The highest BCUT2D eigenvalue weighted by Crippen LogP contribution is 2.30. The van der Waals surface area contributed by atoms with Crippen molar-refractivity contribution in [2.75, 3.05) is 44.8 Å². The molecule has 180 valence electrons. The number of carbonyl (C=O) groups is 1. The number of ketones is 1. The highest BCUT2D eigenvalue weighted by molar-refractivity contribution is 6.03. The van der Waals surface area contributed by atoms with Gasteiger partial charge in [-0.25, -0.2) is 0 Å². The molecule has 0 amide bonds. The number of ether oxygens (including phenoxy) is 1. The first-order valence-electron chi connectivity index (χ1n) is 12.7. The summed E-state index contributed by atoms with van der Waals surface area (Å²) >= 11 is 0. The first-order chi connectivity index (χ1) is 15.9. The fourth-order valence-electron chi connectivity index (χ4n) is 4.83. The Morgan fingerprint density at radius 3 is 2.21 bits per heavy atom. The van der Waals surface area contributed by atoms with Crippen molar-refractivity contribution < 1.29 is 9.53 Å². The number of morpholine rings is 1. The number of hydrogen-bond donors (Lipinski definition) is 0. The molecule has 0 N–H and O–H groups in total. The van der Waals surface area contributed by atoms with Crippen LogP contribution in [-0.2, 0) is 11.2 Å². The molecule has 0 radical (unpaired) electrons. The van der Waals surface area contributed by atoms with E-state index < -0.39 is 5.54 Å². The number of likely N-dealkylation sites (N-methyl/N-ethyl adjacent to an activating group) is 1. The molecule has 0 bridgehead atoms. The highest BCUT2D eigenvalue weighted by atomic mass is 16.5. The molecule has 3 rings (SSSR count). The molecule has 4 nitrogen and oxygen atoms in total. The third kappa shape index (κ3) is 6.04. The van der Waals surface area contributed by atoms with Crippen LogP contribution in [0, 0.1) is 0 Å². The Morgan fingerprint density at radius 1 is 1.03 bits per heavy atom. The molecule has 2 aromatic rings. The Bertz CT molecular complexity index is 869. The van der Waals surface area contributed by atoms with Crippen molar-refractivity contribution in [1.29, 1.82) is 0 Å². The molecule has 2 aromatic carbocycles. The van der Waals surface area contributed by atoms with E-state index in [1.165, 1.54) is 16.8 Å². The monoisotopic (exact) mass is 450 g/mol. The van der Waals surface area contributed by atoms with Gasteiger partial charge in [0, 0.05) is 24.3 Å². The molecule has 0 spiro atoms. The summed E-state index contributed by atoms with van der Waals surface area (Å²) in [6.07, 6.45) is 3.72. The van der Waals surface area contributed by atoms with Gasteiger partial charge in [0.05, 0.1) is 18.8 Å². The molecule has 1 saturated heterocycles. The Morgan fingerprint density at radius 2 is 1.67 bits per heavy atom. The summed E-state index contributed by atoms with van der Waals surface area (Å²) in [5.41, 5.74) is 3.99. The Balaban J connectivity index is 1.89. The second-order valence-electron chi connectivity index (χ2n) is 9.71. The van der Waals surface area contributed by atoms with Crippen LogP contribution in [0.2, 0.25) is 0 Å². The molecule has 1 fully saturated rings. The number of hydrogen-bond acceptors (Lipinski definition) is 4. The number of unbranched alkanes of at least 4 members (excludes halogenated alkanes) is 1. The number of anilines is 1. The van der Waals surface area contributed by atoms with Crippen LogP contribution in [-0.4, -0.2) is 56.1 Å². The summed E-state index contributed by atoms with van der Waals surface area (Å²) in [7, 11) is 2.13. The SMILES string of the molecule is CCCCN(C)C(CC)(Cc1ccc(C(C)C)cc1)C(=O)c1ccc(N2CCOCC2)cc1. The second kappa shape index (κ2) is 11.8. The van der Waals surface area contributed by atoms with Crippen LogP contribution in [0.1, 0.15) is 74.4 Å². The highest BCUT2D eigenvalue weighted by Gasteiger charge is 2.41. The standard InChI is InChI=1S/C29H42N2O2/c1-6-8-17-30(5)29(7-2,22-24-9-11-25(12-10-24)23(3)4)28(32)26-13-15-27(16-14-26)31-18-20-33-21-19-31/h9-16,23H,6-8,17-22H2,1-5H3. The Kier molecular flexibility index (Phi) is 9.10. The van der Waals surface area contributed by atoms with Gasteiger partial charge >= 0.3 is 0 Å². The molecule has 1 aliphatic rings. The van der Waals surface area contributed by atoms with Gasteiger partial charge in [0.1, 0.15) is 0 Å². The maximum Gasteiger partial charge on any atom is 0.183 e. The lowest BCUT2D eigenvalue weighted by Crippen LogP contribution is -2.54. The second-order valence-corrected chi connectivity index (χ2v) is 9.71. The summed E-state index contributed by atoms with van der Waals surface area (Å²) in [5, 5.41) is 0. The third-order valence-corrected chi connectivity index (χ3v) is 7.23. The first-order valence-corrected chi connectivity index (χ1v) is 12.7. The number of carbonyl (C=O) groups excluding carboxylic acids is 1. The summed E-state index contributed by atoms with van der Waals surface area (Å²) < 4.78 is 5.48. The van der Waals surface area contributed by atoms with Gasteiger partial charge in [0.15, 0.2) is 5.78 Å². The first kappa shape index (κ1) is 25.5. The van der Waals surface area contributed by atoms with E-state index in [-0.39, 0.29) is 5.78 Å². The molecular formula is C29H42N2O2. The zero-order valence-corrected chi connectivity index (χ0v) is 21.3.